The second-order valence-corrected chi connectivity index (χ2v) is 7.08. The van der Waals surface area contributed by atoms with Crippen LogP contribution < -0.4 is 14.8 Å². The van der Waals surface area contributed by atoms with Gasteiger partial charge in [-0.25, -0.2) is 0 Å². The average Bonchev–Trinajstić information content (AvgIpc) is 2.70. The Bertz CT molecular complexity index is 669. The van der Waals surface area contributed by atoms with Crippen LogP contribution in [0, 0.1) is 0 Å². The molecule has 1 aliphatic heterocycles. The summed E-state index contributed by atoms with van der Waals surface area (Å²) in [4.78, 5) is 14.5. The molecule has 0 unspecified atom stereocenters. The zero-order chi connectivity index (χ0) is 18.4. The number of carbonyl (C=O) groups excluding carboxylic acids is 1. The van der Waals surface area contributed by atoms with Crippen LogP contribution in [-0.4, -0.2) is 44.7 Å². The third kappa shape index (κ3) is 4.58. The van der Waals surface area contributed by atoms with Crippen molar-refractivity contribution in [3.8, 4) is 11.5 Å². The number of hydrogen-bond donors (Lipinski definition) is 1. The topological polar surface area (TPSA) is 50.8 Å². The van der Waals surface area contributed by atoms with E-state index in [1.807, 2.05) is 17.0 Å². The second-order valence-electron chi connectivity index (χ2n) is 7.08. The van der Waals surface area contributed by atoms with Crippen LogP contribution in [0.5, 0.6) is 11.5 Å². The van der Waals surface area contributed by atoms with Gasteiger partial charge in [0.1, 0.15) is 0 Å². The summed E-state index contributed by atoms with van der Waals surface area (Å²) in [6.07, 6.45) is 9.37. The van der Waals surface area contributed by atoms with Gasteiger partial charge in [0.2, 0.25) is 5.91 Å². The average molecular weight is 358 g/mol. The van der Waals surface area contributed by atoms with Crippen molar-refractivity contribution in [1.29, 1.82) is 0 Å². The molecule has 0 saturated heterocycles. The van der Waals surface area contributed by atoms with Gasteiger partial charge in [0.05, 0.1) is 20.8 Å². The summed E-state index contributed by atoms with van der Waals surface area (Å²) in [5.41, 5.74) is 3.93. The highest BCUT2D eigenvalue weighted by Crippen LogP contribution is 2.33. The van der Waals surface area contributed by atoms with Crippen LogP contribution in [0.2, 0.25) is 0 Å². The number of rotatable bonds is 7. The van der Waals surface area contributed by atoms with E-state index in [0.717, 1.165) is 43.0 Å². The largest absolute Gasteiger partial charge is 0.493 e. The third-order valence-electron chi connectivity index (χ3n) is 5.35. The maximum absolute atomic E-state index is 12.5. The van der Waals surface area contributed by atoms with E-state index in [1.54, 1.807) is 19.8 Å². The molecule has 0 spiro atoms. The van der Waals surface area contributed by atoms with Gasteiger partial charge in [-0.05, 0) is 68.3 Å². The van der Waals surface area contributed by atoms with Crippen molar-refractivity contribution in [3.05, 3.63) is 34.9 Å². The minimum absolute atomic E-state index is 0.169. The van der Waals surface area contributed by atoms with Gasteiger partial charge in [0.25, 0.3) is 0 Å². The first-order valence-electron chi connectivity index (χ1n) is 9.61. The summed E-state index contributed by atoms with van der Waals surface area (Å²) in [5.74, 6) is 1.65. The lowest BCUT2D eigenvalue weighted by molar-refractivity contribution is -0.131. The Morgan fingerprint density at radius 2 is 1.88 bits per heavy atom. The third-order valence-corrected chi connectivity index (χ3v) is 5.35. The van der Waals surface area contributed by atoms with Gasteiger partial charge < -0.3 is 19.7 Å². The maximum Gasteiger partial charge on any atom is 0.236 e. The van der Waals surface area contributed by atoms with Gasteiger partial charge in [-0.1, -0.05) is 11.6 Å². The molecule has 2 aliphatic rings. The van der Waals surface area contributed by atoms with Gasteiger partial charge in [0, 0.05) is 13.1 Å². The van der Waals surface area contributed by atoms with Gasteiger partial charge in [-0.15, -0.1) is 0 Å². The molecule has 142 valence electrons. The number of fused-ring (bicyclic) bond motifs is 1. The first-order chi connectivity index (χ1) is 12.7. The van der Waals surface area contributed by atoms with E-state index in [4.69, 9.17) is 9.47 Å². The van der Waals surface area contributed by atoms with Crippen LogP contribution >= 0.6 is 0 Å². The van der Waals surface area contributed by atoms with Crippen LogP contribution in [0.15, 0.2) is 23.8 Å². The van der Waals surface area contributed by atoms with E-state index in [9.17, 15) is 4.79 Å². The molecular weight excluding hydrogens is 328 g/mol. The first-order valence-corrected chi connectivity index (χ1v) is 9.61. The fourth-order valence-corrected chi connectivity index (χ4v) is 3.78. The molecule has 1 aromatic rings. The molecule has 5 nitrogen and oxygen atoms in total. The molecule has 0 atom stereocenters. The van der Waals surface area contributed by atoms with Gasteiger partial charge in [-0.2, -0.15) is 0 Å². The highest BCUT2D eigenvalue weighted by Gasteiger charge is 2.22. The van der Waals surface area contributed by atoms with Crippen molar-refractivity contribution in [2.75, 3.05) is 33.9 Å². The molecule has 0 fully saturated rings. The molecule has 1 aromatic carbocycles. The second kappa shape index (κ2) is 9.08. The number of nitrogens with zero attached hydrogens (tertiary/aromatic N) is 1. The number of hydrogen-bond acceptors (Lipinski definition) is 4. The molecule has 5 heteroatoms. The number of allylic oxidation sites excluding steroid dienone is 1. The summed E-state index contributed by atoms with van der Waals surface area (Å²) >= 11 is 0. The summed E-state index contributed by atoms with van der Waals surface area (Å²) in [6, 6.07) is 4.03. The molecular formula is C21H30N2O3. The Balaban J connectivity index is 1.49. The SMILES string of the molecule is COc1cc2c(cc1OC)CN(C(=O)CNCCC1=CCCCC1)CC2. The number of amides is 1. The van der Waals surface area contributed by atoms with Crippen LogP contribution in [0.1, 0.15) is 43.2 Å². The molecule has 0 radical (unpaired) electrons. The minimum Gasteiger partial charge on any atom is -0.493 e. The number of nitrogens with one attached hydrogen (secondary N) is 1. The summed E-state index contributed by atoms with van der Waals surface area (Å²) in [6.45, 7) is 2.69. The highest BCUT2D eigenvalue weighted by molar-refractivity contribution is 5.78. The molecule has 0 aromatic heterocycles. The zero-order valence-corrected chi connectivity index (χ0v) is 16.0. The fraction of sp³-hybridized carbons (Fsp3) is 0.571. The molecule has 1 N–H and O–H groups in total. The highest BCUT2D eigenvalue weighted by atomic mass is 16.5. The lowest BCUT2D eigenvalue weighted by Crippen LogP contribution is -2.41. The van der Waals surface area contributed by atoms with Crippen LogP contribution in [0.4, 0.5) is 0 Å². The monoisotopic (exact) mass is 358 g/mol. The Hall–Kier alpha value is -2.01. The standard InChI is InChI=1S/C21H30N2O3/c1-25-19-12-17-9-11-23(15-18(17)13-20(19)26-2)21(24)14-22-10-8-16-6-4-3-5-7-16/h6,12-13,22H,3-5,7-11,14-15H2,1-2H3. The lowest BCUT2D eigenvalue weighted by Gasteiger charge is -2.30. The molecule has 1 amide bonds. The van der Waals surface area contributed by atoms with Crippen molar-refractivity contribution in [2.45, 2.75) is 45.1 Å². The van der Waals surface area contributed by atoms with Crippen molar-refractivity contribution in [2.24, 2.45) is 0 Å². The van der Waals surface area contributed by atoms with Crippen molar-refractivity contribution in [3.63, 3.8) is 0 Å². The minimum atomic E-state index is 0.169. The normalized spacial score (nSPS) is 16.7. The van der Waals surface area contributed by atoms with E-state index in [2.05, 4.69) is 11.4 Å². The number of methoxy groups -OCH3 is 2. The van der Waals surface area contributed by atoms with Gasteiger partial charge >= 0.3 is 0 Å². The van der Waals surface area contributed by atoms with Crippen molar-refractivity contribution < 1.29 is 14.3 Å². The molecule has 1 aliphatic carbocycles. The Labute approximate surface area is 156 Å². The Kier molecular flexibility index (Phi) is 6.56. The summed E-state index contributed by atoms with van der Waals surface area (Å²) in [5, 5.41) is 3.32. The summed E-state index contributed by atoms with van der Waals surface area (Å²) < 4.78 is 10.8. The van der Waals surface area contributed by atoms with E-state index < -0.39 is 0 Å². The Morgan fingerprint density at radius 3 is 2.58 bits per heavy atom. The van der Waals surface area contributed by atoms with Crippen molar-refractivity contribution >= 4 is 5.91 Å². The predicted molar refractivity (Wildman–Crippen MR) is 103 cm³/mol. The fourth-order valence-electron chi connectivity index (χ4n) is 3.78. The van der Waals surface area contributed by atoms with E-state index >= 15 is 0 Å². The van der Waals surface area contributed by atoms with Gasteiger partial charge in [-0.3, -0.25) is 4.79 Å². The van der Waals surface area contributed by atoms with Crippen LogP contribution in [-0.2, 0) is 17.8 Å². The smallest absolute Gasteiger partial charge is 0.236 e. The maximum atomic E-state index is 12.5. The van der Waals surface area contributed by atoms with Crippen molar-refractivity contribution in [1.82, 2.24) is 10.2 Å². The number of benzene rings is 1. The Morgan fingerprint density at radius 1 is 1.12 bits per heavy atom. The molecule has 26 heavy (non-hydrogen) atoms. The molecule has 3 rings (SSSR count). The number of carbonyl (C=O) groups is 1. The van der Waals surface area contributed by atoms with Crippen LogP contribution in [0.3, 0.4) is 0 Å². The van der Waals surface area contributed by atoms with Gasteiger partial charge in [0.15, 0.2) is 11.5 Å². The zero-order valence-electron chi connectivity index (χ0n) is 16.0. The lowest BCUT2D eigenvalue weighted by atomic mass is 9.97. The molecule has 1 heterocycles. The predicted octanol–water partition coefficient (Wildman–Crippen LogP) is 3.07. The summed E-state index contributed by atoms with van der Waals surface area (Å²) in [7, 11) is 3.29. The van der Waals surface area contributed by atoms with E-state index in [1.165, 1.54) is 31.2 Å². The van der Waals surface area contributed by atoms with Crippen LogP contribution in [0.25, 0.3) is 0 Å². The number of ether oxygens (including phenoxy) is 2. The first kappa shape index (κ1) is 18.8. The van der Waals surface area contributed by atoms with E-state index in [0.29, 0.717) is 13.1 Å². The quantitative estimate of drug-likeness (QED) is 0.601. The molecule has 0 bridgehead atoms. The molecule has 0 saturated carbocycles. The van der Waals surface area contributed by atoms with E-state index in [-0.39, 0.29) is 5.91 Å².